The zero-order valence-electron chi connectivity index (χ0n) is 7.59. The van der Waals surface area contributed by atoms with Gasteiger partial charge < -0.3 is 5.11 Å². The highest BCUT2D eigenvalue weighted by Crippen LogP contribution is 2.26. The molecule has 1 N–H and O–H groups in total. The van der Waals surface area contributed by atoms with Gasteiger partial charge in [0.1, 0.15) is 9.36 Å². The Kier molecular flexibility index (Phi) is 3.91. The summed E-state index contributed by atoms with van der Waals surface area (Å²) in [5, 5.41) is 9.74. The SMILES string of the molecule is CS(=O)(=O)C(I)C(O)c1ccccc1. The van der Waals surface area contributed by atoms with E-state index in [0.717, 1.165) is 6.26 Å². The van der Waals surface area contributed by atoms with Gasteiger partial charge in [-0.3, -0.25) is 0 Å². The molecule has 3 nitrogen and oxygen atoms in total. The van der Waals surface area contributed by atoms with Gasteiger partial charge in [0.2, 0.25) is 0 Å². The Balaban J connectivity index is 2.92. The van der Waals surface area contributed by atoms with Gasteiger partial charge in [0.15, 0.2) is 9.84 Å². The van der Waals surface area contributed by atoms with E-state index in [1.807, 2.05) is 6.07 Å². The molecule has 0 aliphatic carbocycles. The Morgan fingerprint density at radius 3 is 2.21 bits per heavy atom. The van der Waals surface area contributed by atoms with Crippen LogP contribution in [0.15, 0.2) is 30.3 Å². The number of alkyl halides is 1. The lowest BCUT2D eigenvalue weighted by Gasteiger charge is -2.15. The summed E-state index contributed by atoms with van der Waals surface area (Å²) in [5.74, 6) is 0. The second-order valence-corrected chi connectivity index (χ2v) is 7.39. The van der Waals surface area contributed by atoms with Crippen molar-refractivity contribution in [2.75, 3.05) is 6.26 Å². The maximum Gasteiger partial charge on any atom is 0.162 e. The maximum absolute atomic E-state index is 11.2. The van der Waals surface area contributed by atoms with Crippen molar-refractivity contribution in [3.63, 3.8) is 0 Å². The fourth-order valence-electron chi connectivity index (χ4n) is 1.04. The van der Waals surface area contributed by atoms with Crippen molar-refractivity contribution < 1.29 is 13.5 Å². The molecule has 14 heavy (non-hydrogen) atoms. The molecular formula is C9H11IO3S. The number of sulfone groups is 1. The summed E-state index contributed by atoms with van der Waals surface area (Å²) in [6.45, 7) is 0. The molecule has 0 bridgehead atoms. The molecule has 2 unspecified atom stereocenters. The van der Waals surface area contributed by atoms with Crippen LogP contribution in [-0.4, -0.2) is 23.0 Å². The van der Waals surface area contributed by atoms with Crippen LogP contribution in [-0.2, 0) is 9.84 Å². The molecule has 1 aromatic carbocycles. The zero-order chi connectivity index (χ0) is 10.8. The second kappa shape index (κ2) is 4.59. The Hall–Kier alpha value is -0.140. The molecule has 0 fully saturated rings. The average Bonchev–Trinajstić information content (AvgIpc) is 2.15. The van der Waals surface area contributed by atoms with Crippen LogP contribution in [0.5, 0.6) is 0 Å². The van der Waals surface area contributed by atoms with Crippen molar-refractivity contribution in [3.8, 4) is 0 Å². The number of benzene rings is 1. The zero-order valence-corrected chi connectivity index (χ0v) is 10.6. The largest absolute Gasteiger partial charge is 0.386 e. The summed E-state index contributed by atoms with van der Waals surface area (Å²) in [4.78, 5) is 0. The third kappa shape index (κ3) is 2.93. The summed E-state index contributed by atoms with van der Waals surface area (Å²) in [6.07, 6.45) is 0.155. The van der Waals surface area contributed by atoms with E-state index in [9.17, 15) is 13.5 Å². The van der Waals surface area contributed by atoms with E-state index in [-0.39, 0.29) is 0 Å². The summed E-state index contributed by atoms with van der Waals surface area (Å²) < 4.78 is 21.6. The number of aliphatic hydroxyl groups is 1. The molecule has 0 spiro atoms. The molecule has 78 valence electrons. The smallest absolute Gasteiger partial charge is 0.162 e. The summed E-state index contributed by atoms with van der Waals surface area (Å²) in [7, 11) is -3.21. The predicted octanol–water partition coefficient (Wildman–Crippen LogP) is 1.53. The molecule has 0 radical (unpaired) electrons. The van der Waals surface area contributed by atoms with Crippen LogP contribution in [0, 0.1) is 0 Å². The van der Waals surface area contributed by atoms with Crippen LogP contribution >= 0.6 is 22.6 Å². The van der Waals surface area contributed by atoms with Crippen molar-refractivity contribution in [2.45, 2.75) is 9.36 Å². The molecule has 1 rings (SSSR count). The van der Waals surface area contributed by atoms with Crippen LogP contribution in [0.25, 0.3) is 0 Å². The molecule has 5 heteroatoms. The number of hydrogen-bond acceptors (Lipinski definition) is 3. The van der Waals surface area contributed by atoms with Gasteiger partial charge in [-0.15, -0.1) is 0 Å². The molecule has 0 aromatic heterocycles. The highest BCUT2D eigenvalue weighted by atomic mass is 127. The lowest BCUT2D eigenvalue weighted by molar-refractivity contribution is 0.197. The molecule has 0 aliphatic heterocycles. The first-order valence-corrected chi connectivity index (χ1v) is 7.19. The topological polar surface area (TPSA) is 54.4 Å². The lowest BCUT2D eigenvalue weighted by Crippen LogP contribution is -2.21. The molecule has 0 heterocycles. The van der Waals surface area contributed by atoms with Crippen LogP contribution < -0.4 is 0 Å². The molecule has 1 aromatic rings. The molecule has 0 aliphatic rings. The minimum atomic E-state index is -3.21. The van der Waals surface area contributed by atoms with Crippen LogP contribution in [0.3, 0.4) is 0 Å². The minimum Gasteiger partial charge on any atom is -0.386 e. The van der Waals surface area contributed by atoms with Gasteiger partial charge in [-0.1, -0.05) is 52.9 Å². The first-order valence-electron chi connectivity index (χ1n) is 3.99. The van der Waals surface area contributed by atoms with Gasteiger partial charge in [-0.05, 0) is 5.56 Å². The van der Waals surface area contributed by atoms with Crippen molar-refractivity contribution in [3.05, 3.63) is 35.9 Å². The number of halogens is 1. The third-order valence-electron chi connectivity index (χ3n) is 1.80. The van der Waals surface area contributed by atoms with Gasteiger partial charge in [0, 0.05) is 6.26 Å². The minimum absolute atomic E-state index is 0.623. The lowest BCUT2D eigenvalue weighted by atomic mass is 10.1. The van der Waals surface area contributed by atoms with E-state index < -0.39 is 19.2 Å². The predicted molar refractivity (Wildman–Crippen MR) is 64.1 cm³/mol. The third-order valence-corrected chi connectivity index (χ3v) is 6.33. The summed E-state index contributed by atoms with van der Waals surface area (Å²) in [6, 6.07) is 8.77. The quantitative estimate of drug-likeness (QED) is 0.677. The molecular weight excluding hydrogens is 315 g/mol. The van der Waals surface area contributed by atoms with E-state index in [2.05, 4.69) is 0 Å². The normalized spacial score (nSPS) is 16.2. The second-order valence-electron chi connectivity index (χ2n) is 3.04. The Morgan fingerprint density at radius 1 is 1.29 bits per heavy atom. The molecule has 0 saturated carbocycles. The van der Waals surface area contributed by atoms with Crippen molar-refractivity contribution >= 4 is 32.4 Å². The van der Waals surface area contributed by atoms with E-state index >= 15 is 0 Å². The van der Waals surface area contributed by atoms with Gasteiger partial charge in [-0.2, -0.15) is 0 Å². The van der Waals surface area contributed by atoms with Gasteiger partial charge >= 0.3 is 0 Å². The first-order chi connectivity index (χ1) is 6.43. The van der Waals surface area contributed by atoms with Crippen molar-refractivity contribution in [2.24, 2.45) is 0 Å². The number of hydrogen-bond donors (Lipinski definition) is 1. The highest BCUT2D eigenvalue weighted by molar-refractivity contribution is 14.1. The Bertz CT molecular complexity index is 388. The Labute approximate surface area is 97.2 Å². The fraction of sp³-hybridized carbons (Fsp3) is 0.333. The van der Waals surface area contributed by atoms with Crippen molar-refractivity contribution in [1.29, 1.82) is 0 Å². The summed E-state index contributed by atoms with van der Waals surface area (Å²) in [5.41, 5.74) is 0.623. The van der Waals surface area contributed by atoms with Crippen LogP contribution in [0.1, 0.15) is 11.7 Å². The standard InChI is InChI=1S/C9H11IO3S/c1-14(12,13)9(10)8(11)7-5-3-2-4-6-7/h2-6,8-9,11H,1H3. The van der Waals surface area contributed by atoms with E-state index in [1.165, 1.54) is 0 Å². The molecule has 0 saturated heterocycles. The van der Waals surface area contributed by atoms with Crippen LogP contribution in [0.2, 0.25) is 0 Å². The fourth-order valence-corrected chi connectivity index (χ4v) is 2.08. The van der Waals surface area contributed by atoms with E-state index in [1.54, 1.807) is 46.9 Å². The maximum atomic E-state index is 11.2. The number of rotatable bonds is 3. The average molecular weight is 326 g/mol. The number of aliphatic hydroxyl groups excluding tert-OH is 1. The van der Waals surface area contributed by atoms with Crippen LogP contribution in [0.4, 0.5) is 0 Å². The molecule has 2 atom stereocenters. The molecule has 0 amide bonds. The van der Waals surface area contributed by atoms with Gasteiger partial charge in [0.25, 0.3) is 0 Å². The monoisotopic (exact) mass is 326 g/mol. The highest BCUT2D eigenvalue weighted by Gasteiger charge is 2.26. The van der Waals surface area contributed by atoms with Crippen molar-refractivity contribution in [1.82, 2.24) is 0 Å². The summed E-state index contributed by atoms with van der Waals surface area (Å²) >= 11 is 1.74. The first kappa shape index (κ1) is 11.9. The Morgan fingerprint density at radius 2 is 1.79 bits per heavy atom. The van der Waals surface area contributed by atoms with Gasteiger partial charge in [-0.25, -0.2) is 8.42 Å². The van der Waals surface area contributed by atoms with E-state index in [4.69, 9.17) is 0 Å². The van der Waals surface area contributed by atoms with E-state index in [0.29, 0.717) is 5.56 Å². The van der Waals surface area contributed by atoms with Gasteiger partial charge in [0.05, 0.1) is 0 Å².